The Kier molecular flexibility index (Phi) is 4.89. The van der Waals surface area contributed by atoms with Crippen molar-refractivity contribution in [2.75, 3.05) is 17.2 Å². The van der Waals surface area contributed by atoms with Gasteiger partial charge < -0.3 is 15.4 Å². The zero-order valence-electron chi connectivity index (χ0n) is 11.7. The maximum atomic E-state index is 11.5. The van der Waals surface area contributed by atoms with Crippen LogP contribution in [0.4, 0.5) is 16.5 Å². The summed E-state index contributed by atoms with van der Waals surface area (Å²) in [6.07, 6.45) is 0. The van der Waals surface area contributed by atoms with Crippen molar-refractivity contribution in [1.82, 2.24) is 4.98 Å². The van der Waals surface area contributed by atoms with Gasteiger partial charge in [-0.15, -0.1) is 11.3 Å². The van der Waals surface area contributed by atoms with Crippen molar-refractivity contribution in [2.45, 2.75) is 13.8 Å². The molecule has 110 valence electrons. The number of amides is 1. The summed E-state index contributed by atoms with van der Waals surface area (Å²) in [6.45, 7) is 3.52. The summed E-state index contributed by atoms with van der Waals surface area (Å²) in [5.41, 5.74) is 1.74. The zero-order valence-corrected chi connectivity index (χ0v) is 12.5. The fourth-order valence-electron chi connectivity index (χ4n) is 1.63. The third-order valence-electron chi connectivity index (χ3n) is 2.42. The van der Waals surface area contributed by atoms with Crippen LogP contribution in [0.1, 0.15) is 24.3 Å². The topological polar surface area (TPSA) is 80.3 Å². The number of hydrogen-bond acceptors (Lipinski definition) is 6. The fraction of sp³-hybridized carbons (Fsp3) is 0.214. The van der Waals surface area contributed by atoms with Crippen molar-refractivity contribution in [1.29, 1.82) is 0 Å². The molecule has 0 radical (unpaired) electrons. The second-order valence-electron chi connectivity index (χ2n) is 4.15. The molecule has 0 saturated heterocycles. The van der Waals surface area contributed by atoms with Gasteiger partial charge in [-0.25, -0.2) is 9.78 Å². The maximum Gasteiger partial charge on any atom is 0.357 e. The van der Waals surface area contributed by atoms with Crippen molar-refractivity contribution in [2.24, 2.45) is 0 Å². The molecule has 0 atom stereocenters. The van der Waals surface area contributed by atoms with Crippen LogP contribution in [-0.4, -0.2) is 23.5 Å². The lowest BCUT2D eigenvalue weighted by Gasteiger charge is -2.06. The van der Waals surface area contributed by atoms with Crippen LogP contribution in [-0.2, 0) is 9.53 Å². The lowest BCUT2D eigenvalue weighted by Crippen LogP contribution is -2.06. The Labute approximate surface area is 126 Å². The summed E-state index contributed by atoms with van der Waals surface area (Å²) in [7, 11) is 0. The van der Waals surface area contributed by atoms with Gasteiger partial charge in [0.05, 0.1) is 6.61 Å². The number of benzene rings is 1. The third kappa shape index (κ3) is 4.28. The van der Waals surface area contributed by atoms with Gasteiger partial charge in [0.25, 0.3) is 0 Å². The molecule has 0 aliphatic heterocycles. The van der Waals surface area contributed by atoms with E-state index in [4.69, 9.17) is 4.74 Å². The molecule has 7 heteroatoms. The Morgan fingerprint density at radius 2 is 2.10 bits per heavy atom. The first kappa shape index (κ1) is 15.0. The Balaban J connectivity index is 2.08. The van der Waals surface area contributed by atoms with Gasteiger partial charge in [-0.05, 0) is 25.1 Å². The molecule has 1 amide bonds. The first-order valence-electron chi connectivity index (χ1n) is 6.36. The Morgan fingerprint density at radius 1 is 1.33 bits per heavy atom. The molecule has 1 aromatic carbocycles. The van der Waals surface area contributed by atoms with Crippen LogP contribution in [0.2, 0.25) is 0 Å². The van der Waals surface area contributed by atoms with Gasteiger partial charge in [0.1, 0.15) is 0 Å². The fourth-order valence-corrected chi connectivity index (χ4v) is 2.33. The molecule has 2 rings (SSSR count). The molecule has 0 unspecified atom stereocenters. The van der Waals surface area contributed by atoms with Gasteiger partial charge >= 0.3 is 5.97 Å². The highest BCUT2D eigenvalue weighted by Crippen LogP contribution is 2.23. The Bertz CT molecular complexity index is 654. The molecule has 2 aromatic rings. The summed E-state index contributed by atoms with van der Waals surface area (Å²) in [5, 5.41) is 8.00. The number of nitrogens with one attached hydrogen (secondary N) is 2. The number of aromatic nitrogens is 1. The minimum absolute atomic E-state index is 0.133. The van der Waals surface area contributed by atoms with Crippen molar-refractivity contribution in [3.63, 3.8) is 0 Å². The van der Waals surface area contributed by atoms with Crippen molar-refractivity contribution < 1.29 is 14.3 Å². The quantitative estimate of drug-likeness (QED) is 0.830. The molecule has 21 heavy (non-hydrogen) atoms. The summed E-state index contributed by atoms with van der Waals surface area (Å²) < 4.78 is 4.88. The number of rotatable bonds is 5. The largest absolute Gasteiger partial charge is 0.461 e. The number of hydrogen-bond donors (Lipinski definition) is 2. The number of nitrogens with zero attached hydrogens (tertiary/aromatic N) is 1. The van der Waals surface area contributed by atoms with E-state index >= 15 is 0 Å². The molecular formula is C14H15N3O3S. The summed E-state index contributed by atoms with van der Waals surface area (Å²) >= 11 is 1.31. The molecule has 0 saturated carbocycles. The van der Waals surface area contributed by atoms with Gasteiger partial charge in [0, 0.05) is 23.7 Å². The van der Waals surface area contributed by atoms with Crippen LogP contribution in [0.15, 0.2) is 29.6 Å². The summed E-state index contributed by atoms with van der Waals surface area (Å²) in [5.74, 6) is -0.570. The molecule has 1 aromatic heterocycles. The van der Waals surface area contributed by atoms with Crippen LogP contribution >= 0.6 is 11.3 Å². The van der Waals surface area contributed by atoms with E-state index in [1.807, 2.05) is 12.1 Å². The average molecular weight is 305 g/mol. The van der Waals surface area contributed by atoms with Crippen LogP contribution in [0, 0.1) is 0 Å². The molecule has 0 bridgehead atoms. The SMILES string of the molecule is CCOC(=O)c1csc(Nc2cccc(NC(C)=O)c2)n1. The lowest BCUT2D eigenvalue weighted by atomic mass is 10.3. The number of anilines is 3. The van der Waals surface area contributed by atoms with E-state index in [2.05, 4.69) is 15.6 Å². The summed E-state index contributed by atoms with van der Waals surface area (Å²) in [4.78, 5) is 26.7. The predicted octanol–water partition coefficient (Wildman–Crippen LogP) is 3.02. The van der Waals surface area contributed by atoms with Gasteiger partial charge in [-0.3, -0.25) is 4.79 Å². The Hall–Kier alpha value is -2.41. The van der Waals surface area contributed by atoms with E-state index in [9.17, 15) is 9.59 Å². The first-order valence-corrected chi connectivity index (χ1v) is 7.23. The minimum Gasteiger partial charge on any atom is -0.461 e. The number of thiazole rings is 1. The van der Waals surface area contributed by atoms with Gasteiger partial charge in [0.2, 0.25) is 5.91 Å². The van der Waals surface area contributed by atoms with E-state index < -0.39 is 5.97 Å². The Morgan fingerprint density at radius 3 is 2.81 bits per heavy atom. The summed E-state index contributed by atoms with van der Waals surface area (Å²) in [6, 6.07) is 7.23. The van der Waals surface area contributed by atoms with Crippen LogP contribution in [0.5, 0.6) is 0 Å². The average Bonchev–Trinajstić information content (AvgIpc) is 2.87. The van der Waals surface area contributed by atoms with E-state index in [0.29, 0.717) is 17.4 Å². The highest BCUT2D eigenvalue weighted by atomic mass is 32.1. The number of carbonyl (C=O) groups is 2. The molecule has 0 aliphatic carbocycles. The minimum atomic E-state index is -0.436. The molecule has 0 fully saturated rings. The van der Waals surface area contributed by atoms with E-state index in [-0.39, 0.29) is 11.6 Å². The first-order chi connectivity index (χ1) is 10.1. The van der Waals surface area contributed by atoms with Crippen molar-refractivity contribution in [3.8, 4) is 0 Å². The lowest BCUT2D eigenvalue weighted by molar-refractivity contribution is -0.114. The van der Waals surface area contributed by atoms with Crippen LogP contribution < -0.4 is 10.6 Å². The second kappa shape index (κ2) is 6.85. The smallest absolute Gasteiger partial charge is 0.357 e. The number of esters is 1. The van der Waals surface area contributed by atoms with Crippen molar-refractivity contribution >= 4 is 39.7 Å². The maximum absolute atomic E-state index is 11.5. The van der Waals surface area contributed by atoms with E-state index in [1.54, 1.807) is 24.4 Å². The molecule has 1 heterocycles. The van der Waals surface area contributed by atoms with Crippen LogP contribution in [0.25, 0.3) is 0 Å². The highest BCUT2D eigenvalue weighted by molar-refractivity contribution is 7.14. The molecule has 0 spiro atoms. The van der Waals surface area contributed by atoms with Gasteiger partial charge in [0.15, 0.2) is 10.8 Å². The monoisotopic (exact) mass is 305 g/mol. The third-order valence-corrected chi connectivity index (χ3v) is 3.18. The molecular weight excluding hydrogens is 290 g/mol. The van der Waals surface area contributed by atoms with Crippen LogP contribution in [0.3, 0.4) is 0 Å². The predicted molar refractivity (Wildman–Crippen MR) is 82.1 cm³/mol. The normalized spacial score (nSPS) is 10.0. The second-order valence-corrected chi connectivity index (χ2v) is 5.00. The van der Waals surface area contributed by atoms with Gasteiger partial charge in [-0.2, -0.15) is 0 Å². The zero-order chi connectivity index (χ0) is 15.2. The molecule has 0 aliphatic rings. The number of carbonyl (C=O) groups excluding carboxylic acids is 2. The molecule has 2 N–H and O–H groups in total. The number of ether oxygens (including phenoxy) is 1. The standard InChI is InChI=1S/C14H15N3O3S/c1-3-20-13(19)12-8-21-14(17-12)16-11-6-4-5-10(7-11)15-9(2)18/h4-8H,3H2,1-2H3,(H,15,18)(H,16,17). The van der Waals surface area contributed by atoms with Crippen molar-refractivity contribution in [3.05, 3.63) is 35.3 Å². The van der Waals surface area contributed by atoms with E-state index in [1.165, 1.54) is 18.3 Å². The van der Waals surface area contributed by atoms with E-state index in [0.717, 1.165) is 5.69 Å². The highest BCUT2D eigenvalue weighted by Gasteiger charge is 2.11. The molecule has 6 nitrogen and oxygen atoms in total. The van der Waals surface area contributed by atoms with Gasteiger partial charge in [-0.1, -0.05) is 6.07 Å².